The predicted octanol–water partition coefficient (Wildman–Crippen LogP) is 3.38. The highest BCUT2D eigenvalue weighted by molar-refractivity contribution is 5.20. The van der Waals surface area contributed by atoms with Crippen LogP contribution in [0.1, 0.15) is 39.7 Å². The lowest BCUT2D eigenvalue weighted by molar-refractivity contribution is -0.0194. The number of nitrogens with zero attached hydrogens (tertiary/aromatic N) is 1. The Morgan fingerprint density at radius 1 is 1.20 bits per heavy atom. The van der Waals surface area contributed by atoms with Crippen LogP contribution in [0.25, 0.3) is 0 Å². The van der Waals surface area contributed by atoms with E-state index in [2.05, 4.69) is 4.90 Å². The molecule has 0 aliphatic heterocycles. The van der Waals surface area contributed by atoms with Crippen molar-refractivity contribution in [1.82, 2.24) is 4.90 Å². The van der Waals surface area contributed by atoms with Crippen LogP contribution < -0.4 is 0 Å². The number of hydrogen-bond donors (Lipinski definition) is 1. The molecular weight excluding hydrogens is 260 g/mol. The lowest BCUT2D eigenvalue weighted by Gasteiger charge is -2.43. The van der Waals surface area contributed by atoms with Crippen LogP contribution in [0.2, 0.25) is 0 Å². The Balaban J connectivity index is 2.97. The first kappa shape index (κ1) is 17.1. The second kappa shape index (κ2) is 7.14. The summed E-state index contributed by atoms with van der Waals surface area (Å²) in [7, 11) is 0. The van der Waals surface area contributed by atoms with Crippen LogP contribution in [-0.4, -0.2) is 34.7 Å². The molecule has 0 spiro atoms. The molecule has 20 heavy (non-hydrogen) atoms. The zero-order valence-corrected chi connectivity index (χ0v) is 12.8. The first-order valence-electron chi connectivity index (χ1n) is 7.26. The lowest BCUT2D eigenvalue weighted by Crippen LogP contribution is -2.55. The lowest BCUT2D eigenvalue weighted by atomic mass is 9.85. The van der Waals surface area contributed by atoms with Crippen LogP contribution in [0.15, 0.2) is 18.2 Å². The van der Waals surface area contributed by atoms with Crippen LogP contribution in [-0.2, 0) is 6.42 Å². The Kier molecular flexibility index (Phi) is 6.08. The van der Waals surface area contributed by atoms with Gasteiger partial charge in [-0.3, -0.25) is 4.90 Å². The molecule has 0 bridgehead atoms. The third kappa shape index (κ3) is 3.55. The quantitative estimate of drug-likeness (QED) is 0.830. The Hall–Kier alpha value is -1.00. The minimum atomic E-state index is -0.747. The average molecular weight is 285 g/mol. The molecule has 1 rings (SSSR count). The maximum absolute atomic E-state index is 13.7. The van der Waals surface area contributed by atoms with Gasteiger partial charge in [0.05, 0.1) is 6.10 Å². The van der Waals surface area contributed by atoms with Crippen LogP contribution in [0.3, 0.4) is 0 Å². The largest absolute Gasteiger partial charge is 0.391 e. The zero-order valence-electron chi connectivity index (χ0n) is 12.8. The number of aliphatic hydroxyl groups excluding tert-OH is 1. The second-order valence-electron chi connectivity index (χ2n) is 5.34. The fourth-order valence-electron chi connectivity index (χ4n) is 2.74. The van der Waals surface area contributed by atoms with Crippen LogP contribution >= 0.6 is 0 Å². The summed E-state index contributed by atoms with van der Waals surface area (Å²) in [6.07, 6.45) is 0.112. The van der Waals surface area contributed by atoms with E-state index in [9.17, 15) is 13.9 Å². The van der Waals surface area contributed by atoms with Crippen molar-refractivity contribution >= 4 is 0 Å². The Morgan fingerprint density at radius 2 is 1.80 bits per heavy atom. The molecule has 0 aliphatic carbocycles. The SMILES string of the molecule is CCN(CC)C(C)(CC)C(O)Cc1cc(F)ccc1F. The molecule has 4 heteroatoms. The number of rotatable bonds is 7. The molecule has 114 valence electrons. The number of likely N-dealkylation sites (N-methyl/N-ethyl adjacent to an activating group) is 1. The topological polar surface area (TPSA) is 23.5 Å². The van der Waals surface area contributed by atoms with E-state index in [0.29, 0.717) is 0 Å². The second-order valence-corrected chi connectivity index (χ2v) is 5.34. The standard InChI is InChI=1S/C16H25F2NO/c1-5-16(4,19(6-2)7-3)15(20)11-12-10-13(17)8-9-14(12)18/h8-10,15,20H,5-7,11H2,1-4H3. The molecule has 0 aromatic heterocycles. The molecular formula is C16H25F2NO. The van der Waals surface area contributed by atoms with E-state index in [1.54, 1.807) is 0 Å². The molecule has 0 heterocycles. The Labute approximate surface area is 120 Å². The minimum absolute atomic E-state index is 0.116. The molecule has 0 saturated heterocycles. The summed E-state index contributed by atoms with van der Waals surface area (Å²) in [5.41, 5.74) is -0.216. The summed E-state index contributed by atoms with van der Waals surface area (Å²) in [5.74, 6) is -0.946. The summed E-state index contributed by atoms with van der Waals surface area (Å²) >= 11 is 0. The van der Waals surface area contributed by atoms with Crippen LogP contribution in [0.4, 0.5) is 8.78 Å². The van der Waals surface area contributed by atoms with Gasteiger partial charge in [-0.25, -0.2) is 8.78 Å². The summed E-state index contributed by atoms with van der Waals surface area (Å²) in [5, 5.41) is 10.5. The van der Waals surface area contributed by atoms with E-state index in [4.69, 9.17) is 0 Å². The highest BCUT2D eigenvalue weighted by atomic mass is 19.1. The normalized spacial score (nSPS) is 16.2. The summed E-state index contributed by atoms with van der Waals surface area (Å²) in [6.45, 7) is 9.66. The van der Waals surface area contributed by atoms with Crippen molar-refractivity contribution in [2.45, 2.75) is 52.2 Å². The molecule has 0 fully saturated rings. The van der Waals surface area contributed by atoms with Crippen molar-refractivity contribution in [2.75, 3.05) is 13.1 Å². The monoisotopic (exact) mass is 285 g/mol. The molecule has 0 radical (unpaired) electrons. The van der Waals surface area contributed by atoms with Gasteiger partial charge in [0, 0.05) is 12.0 Å². The first-order chi connectivity index (χ1) is 9.38. The molecule has 2 unspecified atom stereocenters. The van der Waals surface area contributed by atoms with Gasteiger partial charge >= 0.3 is 0 Å². The molecule has 2 atom stereocenters. The van der Waals surface area contributed by atoms with Crippen molar-refractivity contribution in [3.8, 4) is 0 Å². The van der Waals surface area contributed by atoms with Gasteiger partial charge in [0.25, 0.3) is 0 Å². The van der Waals surface area contributed by atoms with Gasteiger partial charge < -0.3 is 5.11 Å². The average Bonchev–Trinajstić information content (AvgIpc) is 2.43. The molecule has 0 amide bonds. The predicted molar refractivity (Wildman–Crippen MR) is 77.7 cm³/mol. The van der Waals surface area contributed by atoms with Gasteiger partial charge in [-0.05, 0) is 50.2 Å². The van der Waals surface area contributed by atoms with Crippen molar-refractivity contribution < 1.29 is 13.9 Å². The van der Waals surface area contributed by atoms with Crippen molar-refractivity contribution in [3.05, 3.63) is 35.4 Å². The van der Waals surface area contributed by atoms with Gasteiger partial charge in [-0.15, -0.1) is 0 Å². The van der Waals surface area contributed by atoms with Gasteiger partial charge in [0.2, 0.25) is 0 Å². The van der Waals surface area contributed by atoms with Crippen LogP contribution in [0, 0.1) is 11.6 Å². The van der Waals surface area contributed by atoms with Gasteiger partial charge in [0.15, 0.2) is 0 Å². The third-order valence-corrected chi connectivity index (χ3v) is 4.34. The smallest absolute Gasteiger partial charge is 0.126 e. The van der Waals surface area contributed by atoms with E-state index >= 15 is 0 Å². The van der Waals surface area contributed by atoms with Gasteiger partial charge in [0.1, 0.15) is 11.6 Å². The highest BCUT2D eigenvalue weighted by Gasteiger charge is 2.36. The van der Waals surface area contributed by atoms with Crippen LogP contribution in [0.5, 0.6) is 0 Å². The maximum atomic E-state index is 13.7. The summed E-state index contributed by atoms with van der Waals surface area (Å²) in [4.78, 5) is 2.16. The van der Waals surface area contributed by atoms with E-state index < -0.39 is 23.3 Å². The molecule has 2 nitrogen and oxygen atoms in total. The fraction of sp³-hybridized carbons (Fsp3) is 0.625. The first-order valence-corrected chi connectivity index (χ1v) is 7.26. The van der Waals surface area contributed by atoms with Crippen molar-refractivity contribution in [2.24, 2.45) is 0 Å². The molecule has 1 N–H and O–H groups in total. The number of benzene rings is 1. The molecule has 0 aliphatic rings. The molecule has 0 saturated carbocycles. The van der Waals surface area contributed by atoms with Gasteiger partial charge in [-0.2, -0.15) is 0 Å². The maximum Gasteiger partial charge on any atom is 0.126 e. The number of aliphatic hydroxyl groups is 1. The molecule has 1 aromatic carbocycles. The van der Waals surface area contributed by atoms with Crippen molar-refractivity contribution in [3.63, 3.8) is 0 Å². The summed E-state index contributed by atoms with van der Waals surface area (Å²) < 4.78 is 26.9. The van der Waals surface area contributed by atoms with E-state index in [0.717, 1.165) is 37.7 Å². The molecule has 1 aromatic rings. The third-order valence-electron chi connectivity index (χ3n) is 4.34. The zero-order chi connectivity index (χ0) is 15.3. The Morgan fingerprint density at radius 3 is 2.30 bits per heavy atom. The fourth-order valence-corrected chi connectivity index (χ4v) is 2.74. The van der Waals surface area contributed by atoms with E-state index in [-0.39, 0.29) is 12.0 Å². The van der Waals surface area contributed by atoms with Gasteiger partial charge in [-0.1, -0.05) is 20.8 Å². The van der Waals surface area contributed by atoms with E-state index in [1.165, 1.54) is 0 Å². The minimum Gasteiger partial charge on any atom is -0.391 e. The highest BCUT2D eigenvalue weighted by Crippen LogP contribution is 2.26. The number of hydrogen-bond acceptors (Lipinski definition) is 2. The Bertz CT molecular complexity index is 434. The number of halogens is 2. The van der Waals surface area contributed by atoms with E-state index in [1.807, 2.05) is 27.7 Å². The summed E-state index contributed by atoms with van der Waals surface area (Å²) in [6, 6.07) is 3.36. The van der Waals surface area contributed by atoms with Crippen molar-refractivity contribution in [1.29, 1.82) is 0 Å².